The Balaban J connectivity index is 2.19. The zero-order valence-corrected chi connectivity index (χ0v) is 14.2. The van der Waals surface area contributed by atoms with Crippen molar-refractivity contribution in [1.29, 1.82) is 0 Å². The molecule has 0 aliphatic carbocycles. The van der Waals surface area contributed by atoms with Gasteiger partial charge >= 0.3 is 0 Å². The van der Waals surface area contributed by atoms with Crippen LogP contribution in [0.3, 0.4) is 0 Å². The molecule has 0 atom stereocenters. The lowest BCUT2D eigenvalue weighted by atomic mass is 10.1. The van der Waals surface area contributed by atoms with Crippen LogP contribution in [0, 0.1) is 0 Å². The first-order valence-electron chi connectivity index (χ1n) is 6.73. The standard InChI is InChI=1S/C15H16Cl2N2OS/c1-3-4-7-19-15(21-10(2)18-19)9-14(20)12-6-5-11(16)8-13(12)17/h5-6,8-9H,3-4,7H2,1-2H3. The predicted octanol–water partition coefficient (Wildman–Crippen LogP) is 5.20. The Bertz CT molecular complexity index is 614. The summed E-state index contributed by atoms with van der Waals surface area (Å²) in [7, 11) is 0. The molecule has 0 radical (unpaired) electrons. The van der Waals surface area contributed by atoms with Crippen LogP contribution in [0.25, 0.3) is 0 Å². The summed E-state index contributed by atoms with van der Waals surface area (Å²) in [4.78, 5) is 12.4. The summed E-state index contributed by atoms with van der Waals surface area (Å²) in [6.45, 7) is 4.88. The molecule has 6 heteroatoms. The lowest BCUT2D eigenvalue weighted by Crippen LogP contribution is -2.14. The van der Waals surface area contributed by atoms with E-state index in [-0.39, 0.29) is 5.78 Å². The quantitative estimate of drug-likeness (QED) is 0.544. The summed E-state index contributed by atoms with van der Waals surface area (Å²) in [5.74, 6) is -0.134. The molecule has 0 N–H and O–H groups in total. The minimum Gasteiger partial charge on any atom is -0.289 e. The van der Waals surface area contributed by atoms with Crippen LogP contribution in [-0.4, -0.2) is 22.4 Å². The number of halogens is 2. The number of unbranched alkanes of at least 4 members (excludes halogenated alkanes) is 1. The molecule has 0 aromatic heterocycles. The van der Waals surface area contributed by atoms with Gasteiger partial charge in [0.1, 0.15) is 5.03 Å². The molecule has 1 heterocycles. The number of nitrogens with zero attached hydrogens (tertiary/aromatic N) is 2. The molecule has 2 rings (SSSR count). The van der Waals surface area contributed by atoms with Gasteiger partial charge in [-0.15, -0.1) is 0 Å². The van der Waals surface area contributed by atoms with E-state index >= 15 is 0 Å². The first kappa shape index (κ1) is 16.4. The van der Waals surface area contributed by atoms with Crippen LogP contribution in [0.1, 0.15) is 37.0 Å². The zero-order chi connectivity index (χ0) is 15.4. The van der Waals surface area contributed by atoms with Crippen LogP contribution in [-0.2, 0) is 0 Å². The van der Waals surface area contributed by atoms with Crippen molar-refractivity contribution in [2.75, 3.05) is 6.54 Å². The van der Waals surface area contributed by atoms with Crippen molar-refractivity contribution in [3.05, 3.63) is 44.9 Å². The van der Waals surface area contributed by atoms with Gasteiger partial charge < -0.3 is 0 Å². The number of hydrogen-bond donors (Lipinski definition) is 0. The van der Waals surface area contributed by atoms with Crippen molar-refractivity contribution >= 4 is 45.8 Å². The smallest absolute Gasteiger partial charge is 0.190 e. The van der Waals surface area contributed by atoms with Crippen molar-refractivity contribution < 1.29 is 4.79 Å². The van der Waals surface area contributed by atoms with E-state index in [0.29, 0.717) is 15.6 Å². The number of thioether (sulfide) groups is 1. The van der Waals surface area contributed by atoms with Crippen LogP contribution >= 0.6 is 35.0 Å². The topological polar surface area (TPSA) is 32.7 Å². The monoisotopic (exact) mass is 342 g/mol. The van der Waals surface area contributed by atoms with Crippen LogP contribution in [0.5, 0.6) is 0 Å². The maximum atomic E-state index is 12.4. The minimum absolute atomic E-state index is 0.134. The van der Waals surface area contributed by atoms with Crippen molar-refractivity contribution in [3.63, 3.8) is 0 Å². The molecular formula is C15H16Cl2N2OS. The molecule has 3 nitrogen and oxygen atoms in total. The minimum atomic E-state index is -0.134. The SMILES string of the molecule is CCCCN1N=C(C)SC1=CC(=O)c1ccc(Cl)cc1Cl. The van der Waals surface area contributed by atoms with Crippen molar-refractivity contribution in [1.82, 2.24) is 5.01 Å². The highest BCUT2D eigenvalue weighted by molar-refractivity contribution is 8.17. The molecule has 0 saturated carbocycles. The van der Waals surface area contributed by atoms with Crippen molar-refractivity contribution in [2.45, 2.75) is 26.7 Å². The lowest BCUT2D eigenvalue weighted by molar-refractivity contribution is 0.104. The summed E-state index contributed by atoms with van der Waals surface area (Å²) in [5, 5.41) is 8.97. The number of carbonyl (C=O) groups excluding carboxylic acids is 1. The van der Waals surface area contributed by atoms with Gasteiger partial charge in [0.15, 0.2) is 5.78 Å². The van der Waals surface area contributed by atoms with Crippen LogP contribution in [0.4, 0.5) is 0 Å². The molecular weight excluding hydrogens is 327 g/mol. The van der Waals surface area contributed by atoms with Gasteiger partial charge in [-0.25, -0.2) is 0 Å². The van der Waals surface area contributed by atoms with Crippen LogP contribution in [0.2, 0.25) is 10.0 Å². The predicted molar refractivity (Wildman–Crippen MR) is 91.2 cm³/mol. The van der Waals surface area contributed by atoms with E-state index in [4.69, 9.17) is 23.2 Å². The first-order valence-corrected chi connectivity index (χ1v) is 8.30. The van der Waals surface area contributed by atoms with E-state index < -0.39 is 0 Å². The average Bonchev–Trinajstić information content (AvgIpc) is 2.76. The second-order valence-electron chi connectivity index (χ2n) is 4.67. The normalized spacial score (nSPS) is 16.5. The Hall–Kier alpha value is -0.970. The van der Waals surface area contributed by atoms with Crippen molar-refractivity contribution in [2.24, 2.45) is 5.10 Å². The fourth-order valence-corrected chi connectivity index (χ4v) is 3.24. The van der Waals surface area contributed by atoms with E-state index in [2.05, 4.69) is 12.0 Å². The van der Waals surface area contributed by atoms with E-state index in [1.54, 1.807) is 24.3 Å². The molecule has 0 spiro atoms. The largest absolute Gasteiger partial charge is 0.289 e. The van der Waals surface area contributed by atoms with Gasteiger partial charge in [0.05, 0.1) is 10.1 Å². The highest BCUT2D eigenvalue weighted by atomic mass is 35.5. The van der Waals surface area contributed by atoms with Crippen LogP contribution < -0.4 is 0 Å². The fraction of sp³-hybridized carbons (Fsp3) is 0.333. The van der Waals surface area contributed by atoms with Gasteiger partial charge in [-0.2, -0.15) is 5.10 Å². The second kappa shape index (κ2) is 7.34. The lowest BCUT2D eigenvalue weighted by Gasteiger charge is -2.14. The molecule has 0 amide bonds. The van der Waals surface area contributed by atoms with Gasteiger partial charge in [-0.05, 0) is 31.5 Å². The molecule has 1 aliphatic heterocycles. The maximum Gasteiger partial charge on any atom is 0.190 e. The first-order chi connectivity index (χ1) is 10.0. The summed E-state index contributed by atoms with van der Waals surface area (Å²) in [6, 6.07) is 4.89. The van der Waals surface area contributed by atoms with Gasteiger partial charge in [0.2, 0.25) is 0 Å². The van der Waals surface area contributed by atoms with Gasteiger partial charge in [-0.3, -0.25) is 9.80 Å². The number of carbonyl (C=O) groups is 1. The highest BCUT2D eigenvalue weighted by Crippen LogP contribution is 2.31. The number of rotatable bonds is 5. The highest BCUT2D eigenvalue weighted by Gasteiger charge is 2.20. The van der Waals surface area contributed by atoms with E-state index in [1.165, 1.54) is 11.8 Å². The Morgan fingerprint density at radius 1 is 1.43 bits per heavy atom. The Morgan fingerprint density at radius 3 is 2.86 bits per heavy atom. The van der Waals surface area contributed by atoms with Gasteiger partial charge in [0.25, 0.3) is 0 Å². The van der Waals surface area contributed by atoms with Gasteiger partial charge in [-0.1, -0.05) is 48.3 Å². The van der Waals surface area contributed by atoms with Gasteiger partial charge in [0, 0.05) is 23.2 Å². The number of benzene rings is 1. The molecule has 1 aliphatic rings. The molecule has 112 valence electrons. The Labute approximate surface area is 139 Å². The summed E-state index contributed by atoms with van der Waals surface area (Å²) in [6.07, 6.45) is 3.71. The summed E-state index contributed by atoms with van der Waals surface area (Å²) in [5.41, 5.74) is 0.453. The average molecular weight is 343 g/mol. The maximum absolute atomic E-state index is 12.4. The molecule has 0 saturated heterocycles. The van der Waals surface area contributed by atoms with Crippen LogP contribution in [0.15, 0.2) is 34.4 Å². The number of ketones is 1. The zero-order valence-electron chi connectivity index (χ0n) is 11.9. The number of allylic oxidation sites excluding steroid dienone is 1. The third-order valence-corrected chi connectivity index (χ3v) is 4.41. The van der Waals surface area contributed by atoms with E-state index in [1.807, 2.05) is 11.9 Å². The molecule has 1 aromatic carbocycles. The molecule has 21 heavy (non-hydrogen) atoms. The van der Waals surface area contributed by atoms with Crippen molar-refractivity contribution in [3.8, 4) is 0 Å². The Kier molecular flexibility index (Phi) is 5.73. The summed E-state index contributed by atoms with van der Waals surface area (Å²) >= 11 is 13.4. The molecule has 0 fully saturated rings. The third-order valence-electron chi connectivity index (χ3n) is 2.94. The molecule has 1 aromatic rings. The molecule has 0 unspecified atom stereocenters. The second-order valence-corrected chi connectivity index (χ2v) is 6.73. The number of hydrazone groups is 1. The third kappa shape index (κ3) is 4.25. The Morgan fingerprint density at radius 2 is 2.19 bits per heavy atom. The van der Waals surface area contributed by atoms with E-state index in [0.717, 1.165) is 29.5 Å². The number of hydrogen-bond acceptors (Lipinski definition) is 4. The summed E-state index contributed by atoms with van der Waals surface area (Å²) < 4.78 is 0. The molecule has 0 bridgehead atoms. The van der Waals surface area contributed by atoms with E-state index in [9.17, 15) is 4.79 Å². The fourth-order valence-electron chi connectivity index (χ4n) is 1.89.